The first-order valence-corrected chi connectivity index (χ1v) is 6.28. The molecule has 0 amide bonds. The maximum absolute atomic E-state index is 12.3. The van der Waals surface area contributed by atoms with E-state index in [-0.39, 0.29) is 5.82 Å². The van der Waals surface area contributed by atoms with Crippen molar-refractivity contribution in [3.8, 4) is 0 Å². The van der Waals surface area contributed by atoms with Crippen molar-refractivity contribution in [3.63, 3.8) is 0 Å². The Morgan fingerprint density at radius 2 is 1.55 bits per heavy atom. The average molecular weight is 286 g/mol. The van der Waals surface area contributed by atoms with Crippen LogP contribution in [0.15, 0.2) is 12.4 Å². The highest BCUT2D eigenvalue weighted by Gasteiger charge is 2.52. The Hall–Kier alpha value is -1.12. The fourth-order valence-corrected chi connectivity index (χ4v) is 1.71. The normalized spacial score (nSPS) is 22.3. The number of rotatable bonds is 3. The number of nitrogens with zero attached hydrogens (tertiary/aromatic N) is 2. The van der Waals surface area contributed by atoms with Crippen LogP contribution in [-0.4, -0.2) is 39.8 Å². The van der Waals surface area contributed by atoms with E-state index < -0.39 is 30.8 Å². The van der Waals surface area contributed by atoms with Crippen LogP contribution in [0.1, 0.15) is 39.6 Å². The van der Waals surface area contributed by atoms with Gasteiger partial charge in [0.2, 0.25) is 0 Å². The molecule has 0 aromatic carbocycles. The van der Waals surface area contributed by atoms with Crippen molar-refractivity contribution >= 4 is 12.6 Å². The van der Waals surface area contributed by atoms with Gasteiger partial charge in [-0.05, 0) is 27.7 Å². The van der Waals surface area contributed by atoms with E-state index in [9.17, 15) is 13.9 Å². The van der Waals surface area contributed by atoms with Gasteiger partial charge in [0.25, 0.3) is 6.43 Å². The van der Waals surface area contributed by atoms with Crippen molar-refractivity contribution in [1.82, 2.24) is 9.97 Å². The zero-order valence-electron chi connectivity index (χ0n) is 11.8. The molecule has 1 atom stereocenters. The van der Waals surface area contributed by atoms with E-state index in [1.54, 1.807) is 0 Å². The minimum absolute atomic E-state index is 0.319. The third-order valence-corrected chi connectivity index (χ3v) is 3.72. The molecule has 110 valence electrons. The number of aliphatic hydroxyl groups is 1. The zero-order valence-corrected chi connectivity index (χ0v) is 11.8. The first-order chi connectivity index (χ1) is 9.14. The molecule has 1 aromatic rings. The molecule has 20 heavy (non-hydrogen) atoms. The van der Waals surface area contributed by atoms with Gasteiger partial charge in [-0.1, -0.05) is 0 Å². The maximum Gasteiger partial charge on any atom is 0.498 e. The standard InChI is InChI=1S/C12H17BF2N2O3/c1-11(2)12(3,4)20-13(19-11)7-5-16-10(17-6-7)8(18)9(14)15/h5-6,8-9,18H,1-4H3. The molecule has 1 N–H and O–H groups in total. The summed E-state index contributed by atoms with van der Waals surface area (Å²) < 4.78 is 36.2. The van der Waals surface area contributed by atoms with E-state index in [1.807, 2.05) is 27.7 Å². The van der Waals surface area contributed by atoms with Crippen LogP contribution in [0.5, 0.6) is 0 Å². The lowest BCUT2D eigenvalue weighted by Crippen LogP contribution is -2.41. The van der Waals surface area contributed by atoms with E-state index in [0.29, 0.717) is 5.46 Å². The van der Waals surface area contributed by atoms with Gasteiger partial charge in [-0.25, -0.2) is 18.7 Å². The topological polar surface area (TPSA) is 64.5 Å². The summed E-state index contributed by atoms with van der Waals surface area (Å²) in [4.78, 5) is 7.48. The monoisotopic (exact) mass is 286 g/mol. The van der Waals surface area contributed by atoms with Crippen molar-refractivity contribution in [3.05, 3.63) is 18.2 Å². The molecule has 0 radical (unpaired) electrons. The first kappa shape index (κ1) is 15.3. The van der Waals surface area contributed by atoms with Gasteiger partial charge in [0.05, 0.1) is 11.2 Å². The average Bonchev–Trinajstić information content (AvgIpc) is 2.57. The lowest BCUT2D eigenvalue weighted by atomic mass is 9.81. The molecule has 0 aliphatic carbocycles. The highest BCUT2D eigenvalue weighted by atomic mass is 19.3. The second kappa shape index (κ2) is 5.02. The van der Waals surface area contributed by atoms with Crippen LogP contribution in [-0.2, 0) is 9.31 Å². The van der Waals surface area contributed by atoms with Crippen molar-refractivity contribution in [1.29, 1.82) is 0 Å². The van der Waals surface area contributed by atoms with Gasteiger partial charge in [-0.3, -0.25) is 0 Å². The molecule has 1 unspecified atom stereocenters. The Morgan fingerprint density at radius 1 is 1.10 bits per heavy atom. The van der Waals surface area contributed by atoms with Crippen molar-refractivity contribution in [2.75, 3.05) is 0 Å². The lowest BCUT2D eigenvalue weighted by molar-refractivity contribution is -0.0108. The summed E-state index contributed by atoms with van der Waals surface area (Å²) in [5.41, 5.74) is -0.480. The molecule has 1 aromatic heterocycles. The Balaban J connectivity index is 2.16. The quantitative estimate of drug-likeness (QED) is 0.842. The Morgan fingerprint density at radius 3 is 1.95 bits per heavy atom. The van der Waals surface area contributed by atoms with Crippen LogP contribution in [0.2, 0.25) is 0 Å². The second-order valence-electron chi connectivity index (χ2n) is 5.74. The SMILES string of the molecule is CC1(C)OB(c2cnc(C(O)C(F)F)nc2)OC1(C)C. The number of hydrogen-bond donors (Lipinski definition) is 1. The largest absolute Gasteiger partial charge is 0.498 e. The molecule has 0 spiro atoms. The molecule has 8 heteroatoms. The van der Waals surface area contributed by atoms with E-state index in [2.05, 4.69) is 9.97 Å². The minimum Gasteiger partial charge on any atom is -0.399 e. The lowest BCUT2D eigenvalue weighted by Gasteiger charge is -2.32. The summed E-state index contributed by atoms with van der Waals surface area (Å²) in [6.45, 7) is 7.62. The van der Waals surface area contributed by atoms with Crippen LogP contribution >= 0.6 is 0 Å². The number of halogens is 2. The molecular weight excluding hydrogens is 269 g/mol. The van der Waals surface area contributed by atoms with Gasteiger partial charge in [-0.2, -0.15) is 0 Å². The van der Waals surface area contributed by atoms with E-state index in [4.69, 9.17) is 9.31 Å². The summed E-state index contributed by atoms with van der Waals surface area (Å²) in [6.07, 6.45) is -2.24. The fraction of sp³-hybridized carbons (Fsp3) is 0.667. The van der Waals surface area contributed by atoms with E-state index in [1.165, 1.54) is 12.4 Å². The van der Waals surface area contributed by atoms with Crippen LogP contribution in [0.3, 0.4) is 0 Å². The van der Waals surface area contributed by atoms with Crippen LogP contribution in [0.4, 0.5) is 8.78 Å². The third-order valence-electron chi connectivity index (χ3n) is 3.72. The zero-order chi connectivity index (χ0) is 15.1. The molecule has 0 saturated carbocycles. The van der Waals surface area contributed by atoms with Gasteiger partial charge in [-0.15, -0.1) is 0 Å². The first-order valence-electron chi connectivity index (χ1n) is 6.28. The molecule has 1 saturated heterocycles. The Labute approximate surface area is 116 Å². The summed E-state index contributed by atoms with van der Waals surface area (Å²) >= 11 is 0. The summed E-state index contributed by atoms with van der Waals surface area (Å²) in [5, 5.41) is 9.18. The molecule has 1 aliphatic rings. The predicted molar refractivity (Wildman–Crippen MR) is 68.7 cm³/mol. The van der Waals surface area contributed by atoms with Gasteiger partial charge >= 0.3 is 7.12 Å². The highest BCUT2D eigenvalue weighted by molar-refractivity contribution is 6.61. The predicted octanol–water partition coefficient (Wildman–Crippen LogP) is 1.07. The Kier molecular flexibility index (Phi) is 3.83. The minimum atomic E-state index is -2.92. The highest BCUT2D eigenvalue weighted by Crippen LogP contribution is 2.36. The smallest absolute Gasteiger partial charge is 0.399 e. The second-order valence-corrected chi connectivity index (χ2v) is 5.74. The third kappa shape index (κ3) is 2.68. The molecule has 1 aliphatic heterocycles. The molecule has 2 heterocycles. The molecule has 0 bridgehead atoms. The summed E-state index contributed by atoms with van der Waals surface area (Å²) in [7, 11) is -0.655. The van der Waals surface area contributed by atoms with Crippen molar-refractivity contribution < 1.29 is 23.2 Å². The molecule has 1 fully saturated rings. The van der Waals surface area contributed by atoms with Crippen LogP contribution in [0.25, 0.3) is 0 Å². The molecule has 2 rings (SSSR count). The number of aliphatic hydroxyl groups excluding tert-OH is 1. The van der Waals surface area contributed by atoms with E-state index in [0.717, 1.165) is 0 Å². The maximum atomic E-state index is 12.3. The van der Waals surface area contributed by atoms with Crippen LogP contribution < -0.4 is 5.46 Å². The number of alkyl halides is 2. The van der Waals surface area contributed by atoms with Crippen LogP contribution in [0, 0.1) is 0 Å². The van der Waals surface area contributed by atoms with Crippen molar-refractivity contribution in [2.24, 2.45) is 0 Å². The van der Waals surface area contributed by atoms with Gasteiger partial charge < -0.3 is 14.4 Å². The van der Waals surface area contributed by atoms with Gasteiger partial charge in [0, 0.05) is 17.9 Å². The number of aromatic nitrogens is 2. The van der Waals surface area contributed by atoms with E-state index >= 15 is 0 Å². The van der Waals surface area contributed by atoms with Gasteiger partial charge in [0.15, 0.2) is 11.9 Å². The van der Waals surface area contributed by atoms with Crippen molar-refractivity contribution in [2.45, 2.75) is 51.4 Å². The Bertz CT molecular complexity index is 466. The van der Waals surface area contributed by atoms with Gasteiger partial charge in [0.1, 0.15) is 0 Å². The summed E-state index contributed by atoms with van der Waals surface area (Å²) in [6, 6.07) is 0. The summed E-state index contributed by atoms with van der Waals surface area (Å²) in [5.74, 6) is -0.319. The molecular formula is C12H17BF2N2O3. The fourth-order valence-electron chi connectivity index (χ4n) is 1.71. The molecule has 5 nitrogen and oxygen atoms in total. The number of hydrogen-bond acceptors (Lipinski definition) is 5.